The van der Waals surface area contributed by atoms with E-state index in [1.54, 1.807) is 24.1 Å². The van der Waals surface area contributed by atoms with Crippen LogP contribution in [0.1, 0.15) is 54.7 Å². The maximum absolute atomic E-state index is 13.4. The molecule has 0 bridgehead atoms. The third-order valence-electron chi connectivity index (χ3n) is 7.41. The quantitative estimate of drug-likeness (QED) is 0.674. The minimum Gasteiger partial charge on any atom is -0.496 e. The summed E-state index contributed by atoms with van der Waals surface area (Å²) < 4.78 is 5.65. The second kappa shape index (κ2) is 9.89. The molecule has 1 saturated heterocycles. The summed E-state index contributed by atoms with van der Waals surface area (Å²) in [5, 5.41) is 20.1. The SMILES string of the molecule is COc1ccc([C@H]2C(C#N)=C(N)N(c3ccccc3C#N)C3=C2C(=O)CCC3)cc1CN1CCCC1. The van der Waals surface area contributed by atoms with Crippen LogP contribution in [0.15, 0.2) is 65.1 Å². The summed E-state index contributed by atoms with van der Waals surface area (Å²) in [7, 11) is 1.66. The number of nitriles is 2. The van der Waals surface area contributed by atoms with Crippen molar-refractivity contribution in [3.05, 3.63) is 81.8 Å². The number of methoxy groups -OCH3 is 1. The average Bonchev–Trinajstić information content (AvgIpc) is 3.41. The van der Waals surface area contributed by atoms with E-state index in [9.17, 15) is 15.3 Å². The van der Waals surface area contributed by atoms with Gasteiger partial charge in [0.2, 0.25) is 0 Å². The highest BCUT2D eigenvalue weighted by molar-refractivity contribution is 6.01. The lowest BCUT2D eigenvalue weighted by atomic mass is 9.75. The van der Waals surface area contributed by atoms with Crippen LogP contribution < -0.4 is 15.4 Å². The third kappa shape index (κ3) is 4.02. The highest BCUT2D eigenvalue weighted by atomic mass is 16.5. The van der Waals surface area contributed by atoms with Gasteiger partial charge in [-0.2, -0.15) is 10.5 Å². The highest BCUT2D eigenvalue weighted by Gasteiger charge is 2.41. The Balaban J connectivity index is 1.67. The van der Waals surface area contributed by atoms with Crippen molar-refractivity contribution in [2.24, 2.45) is 5.73 Å². The fraction of sp³-hybridized carbons (Fsp3) is 0.345. The molecule has 5 rings (SSSR count). The molecule has 182 valence electrons. The maximum atomic E-state index is 13.4. The molecule has 0 radical (unpaired) electrons. The molecule has 2 aromatic carbocycles. The van der Waals surface area contributed by atoms with Crippen molar-refractivity contribution in [1.29, 1.82) is 10.5 Å². The topological polar surface area (TPSA) is 106 Å². The van der Waals surface area contributed by atoms with E-state index in [0.717, 1.165) is 42.2 Å². The van der Waals surface area contributed by atoms with Crippen molar-refractivity contribution in [3.8, 4) is 17.9 Å². The number of benzene rings is 2. The smallest absolute Gasteiger partial charge is 0.161 e. The van der Waals surface area contributed by atoms with E-state index >= 15 is 0 Å². The Labute approximate surface area is 211 Å². The van der Waals surface area contributed by atoms with Crippen LogP contribution in [-0.2, 0) is 11.3 Å². The van der Waals surface area contributed by atoms with E-state index in [4.69, 9.17) is 10.5 Å². The lowest BCUT2D eigenvalue weighted by Crippen LogP contribution is -2.39. The van der Waals surface area contributed by atoms with Crippen molar-refractivity contribution in [1.82, 2.24) is 4.90 Å². The van der Waals surface area contributed by atoms with Crippen molar-refractivity contribution in [2.75, 3.05) is 25.1 Å². The molecule has 0 amide bonds. The first-order valence-corrected chi connectivity index (χ1v) is 12.4. The monoisotopic (exact) mass is 479 g/mol. The zero-order valence-electron chi connectivity index (χ0n) is 20.5. The minimum atomic E-state index is -0.550. The molecule has 36 heavy (non-hydrogen) atoms. The summed E-state index contributed by atoms with van der Waals surface area (Å²) in [6, 6.07) is 17.6. The molecule has 0 unspecified atom stereocenters. The number of anilines is 1. The number of carbonyl (C=O) groups is 1. The number of Topliss-reactive ketones (excluding diaryl/α,β-unsaturated/α-hetero) is 1. The fourth-order valence-corrected chi connectivity index (χ4v) is 5.74. The van der Waals surface area contributed by atoms with Crippen LogP contribution in [0.3, 0.4) is 0 Å². The number of rotatable bonds is 5. The molecule has 7 nitrogen and oxygen atoms in total. The van der Waals surface area contributed by atoms with Crippen LogP contribution in [0.5, 0.6) is 5.75 Å². The van der Waals surface area contributed by atoms with E-state index in [-0.39, 0.29) is 11.6 Å². The molecular weight excluding hydrogens is 450 g/mol. The molecule has 3 aliphatic rings. The van der Waals surface area contributed by atoms with Gasteiger partial charge < -0.3 is 10.5 Å². The van der Waals surface area contributed by atoms with Gasteiger partial charge in [0.15, 0.2) is 5.78 Å². The van der Waals surface area contributed by atoms with E-state index < -0.39 is 5.92 Å². The van der Waals surface area contributed by atoms with Crippen LogP contribution in [0.25, 0.3) is 0 Å². The molecular formula is C29H29N5O2. The number of carbonyl (C=O) groups excluding carboxylic acids is 1. The summed E-state index contributed by atoms with van der Waals surface area (Å²) in [6.45, 7) is 2.86. The van der Waals surface area contributed by atoms with E-state index in [1.165, 1.54) is 12.8 Å². The summed E-state index contributed by atoms with van der Waals surface area (Å²) in [5.74, 6) is 0.547. The van der Waals surface area contributed by atoms with Crippen molar-refractivity contribution < 1.29 is 9.53 Å². The molecule has 2 aliphatic heterocycles. The number of ether oxygens (including phenoxy) is 1. The second-order valence-electron chi connectivity index (χ2n) is 9.50. The molecule has 7 heteroatoms. The average molecular weight is 480 g/mol. The Morgan fingerprint density at radius 3 is 2.56 bits per heavy atom. The molecule has 1 aliphatic carbocycles. The third-order valence-corrected chi connectivity index (χ3v) is 7.41. The Bertz CT molecular complexity index is 1350. The predicted molar refractivity (Wildman–Crippen MR) is 137 cm³/mol. The molecule has 1 atom stereocenters. The summed E-state index contributed by atoms with van der Waals surface area (Å²) in [6.07, 6.45) is 4.15. The number of allylic oxidation sites excluding steroid dienone is 3. The first kappa shape index (κ1) is 23.7. The minimum absolute atomic E-state index is 0.0258. The standard InChI is InChI=1S/C29H29N5O2/c1-36-26-12-11-19(15-21(26)18-33-13-4-5-14-33)27-22(17-31)29(32)34(23-8-3-2-7-20(23)16-30)24-9-6-10-25(35)28(24)27/h2-3,7-8,11-12,15,27H,4-6,9-10,13-14,18,32H2,1H3/t27-/m0/s1. The van der Waals surface area contributed by atoms with Crippen LogP contribution >= 0.6 is 0 Å². The molecule has 0 spiro atoms. The van der Waals surface area contributed by atoms with Crippen LogP contribution in [-0.4, -0.2) is 30.9 Å². The summed E-state index contributed by atoms with van der Waals surface area (Å²) >= 11 is 0. The lowest BCUT2D eigenvalue weighted by molar-refractivity contribution is -0.116. The van der Waals surface area contributed by atoms with Gasteiger partial charge >= 0.3 is 0 Å². The van der Waals surface area contributed by atoms with Gasteiger partial charge in [-0.25, -0.2) is 0 Å². The van der Waals surface area contributed by atoms with Gasteiger partial charge in [0.1, 0.15) is 17.6 Å². The van der Waals surface area contributed by atoms with Crippen LogP contribution in [0.2, 0.25) is 0 Å². The van der Waals surface area contributed by atoms with Gasteiger partial charge in [-0.15, -0.1) is 0 Å². The summed E-state index contributed by atoms with van der Waals surface area (Å²) in [4.78, 5) is 17.6. The first-order chi connectivity index (χ1) is 17.6. The molecule has 2 aromatic rings. The van der Waals surface area contributed by atoms with Crippen LogP contribution in [0, 0.1) is 22.7 Å². The van der Waals surface area contributed by atoms with E-state index in [0.29, 0.717) is 41.7 Å². The second-order valence-corrected chi connectivity index (χ2v) is 9.50. The maximum Gasteiger partial charge on any atom is 0.161 e. The summed E-state index contributed by atoms with van der Waals surface area (Å²) in [5.41, 5.74) is 11.3. The largest absolute Gasteiger partial charge is 0.496 e. The number of likely N-dealkylation sites (tertiary alicyclic amines) is 1. The Kier molecular flexibility index (Phi) is 6.50. The Morgan fingerprint density at radius 1 is 1.06 bits per heavy atom. The van der Waals surface area contributed by atoms with Gasteiger partial charge in [0.05, 0.1) is 35.9 Å². The molecule has 1 fully saturated rings. The van der Waals surface area contributed by atoms with Gasteiger partial charge in [-0.1, -0.05) is 18.2 Å². The van der Waals surface area contributed by atoms with Crippen molar-refractivity contribution in [2.45, 2.75) is 44.6 Å². The van der Waals surface area contributed by atoms with Crippen LogP contribution in [0.4, 0.5) is 5.69 Å². The van der Waals surface area contributed by atoms with Gasteiger partial charge in [-0.05, 0) is 68.6 Å². The highest BCUT2D eigenvalue weighted by Crippen LogP contribution is 2.47. The number of hydrogen-bond acceptors (Lipinski definition) is 7. The van der Waals surface area contributed by atoms with Crippen molar-refractivity contribution >= 4 is 11.5 Å². The normalized spacial score (nSPS) is 20.2. The number of ketones is 1. The van der Waals surface area contributed by atoms with Gasteiger partial charge in [0.25, 0.3) is 0 Å². The number of hydrogen-bond donors (Lipinski definition) is 1. The zero-order chi connectivity index (χ0) is 25.2. The molecule has 2 N–H and O–H groups in total. The van der Waals surface area contributed by atoms with Gasteiger partial charge in [-0.3, -0.25) is 14.6 Å². The molecule has 0 aromatic heterocycles. The Hall–Kier alpha value is -4.07. The first-order valence-electron chi connectivity index (χ1n) is 12.4. The predicted octanol–water partition coefficient (Wildman–Crippen LogP) is 4.47. The Morgan fingerprint density at radius 2 is 1.83 bits per heavy atom. The fourth-order valence-electron chi connectivity index (χ4n) is 5.74. The number of nitrogens with zero attached hydrogens (tertiary/aromatic N) is 4. The number of para-hydroxylation sites is 1. The van der Waals surface area contributed by atoms with E-state index in [1.807, 2.05) is 24.3 Å². The number of nitrogens with two attached hydrogens (primary N) is 1. The molecule has 2 heterocycles. The van der Waals surface area contributed by atoms with E-state index in [2.05, 4.69) is 23.1 Å². The zero-order valence-corrected chi connectivity index (χ0v) is 20.5. The lowest BCUT2D eigenvalue weighted by Gasteiger charge is -2.40. The van der Waals surface area contributed by atoms with Crippen molar-refractivity contribution in [3.63, 3.8) is 0 Å². The van der Waals surface area contributed by atoms with Gasteiger partial charge in [0, 0.05) is 29.8 Å². The molecule has 0 saturated carbocycles.